The van der Waals surface area contributed by atoms with Crippen molar-refractivity contribution in [1.29, 1.82) is 0 Å². The summed E-state index contributed by atoms with van der Waals surface area (Å²) >= 11 is 5.39. The second-order valence-electron chi connectivity index (χ2n) is 4.62. The molecule has 0 bridgehead atoms. The zero-order chi connectivity index (χ0) is 11.5. The monoisotopic (exact) mass is 302 g/mol. The van der Waals surface area contributed by atoms with Crippen molar-refractivity contribution in [2.45, 2.75) is 38.6 Å². The molecule has 3 atom stereocenters. The van der Waals surface area contributed by atoms with E-state index in [0.717, 1.165) is 5.92 Å². The highest BCUT2D eigenvalue weighted by Gasteiger charge is 2.31. The van der Waals surface area contributed by atoms with E-state index in [-0.39, 0.29) is 0 Å². The number of thiophene rings is 1. The Hall–Kier alpha value is 0.100. The molecular weight excluding hydrogens is 284 g/mol. The Morgan fingerprint density at radius 1 is 1.62 bits per heavy atom. The fraction of sp³-hybridized carbons (Fsp3) is 0.667. The minimum absolute atomic E-state index is 0.325. The molecule has 4 heteroatoms. The van der Waals surface area contributed by atoms with Gasteiger partial charge in [0.1, 0.15) is 0 Å². The Morgan fingerprint density at radius 2 is 2.44 bits per heavy atom. The average molecular weight is 303 g/mol. The third-order valence-corrected chi connectivity index (χ3v) is 5.69. The minimum Gasteiger partial charge on any atom is -0.271 e. The van der Waals surface area contributed by atoms with Gasteiger partial charge >= 0.3 is 0 Å². The van der Waals surface area contributed by atoms with E-state index in [0.29, 0.717) is 12.0 Å². The van der Waals surface area contributed by atoms with Gasteiger partial charge in [-0.1, -0.05) is 19.8 Å². The lowest BCUT2D eigenvalue weighted by molar-refractivity contribution is 0.362. The van der Waals surface area contributed by atoms with Crippen LogP contribution in [0.4, 0.5) is 0 Å². The van der Waals surface area contributed by atoms with Crippen LogP contribution in [0.25, 0.3) is 0 Å². The predicted octanol–water partition coefficient (Wildman–Crippen LogP) is 3.84. The standard InChI is InChI=1S/C12H19BrN2S/c1-2-8-3-4-9(7-8)11(15-14)12-10(13)5-6-16-12/h5-6,8-9,11,15H,2-4,7,14H2,1H3. The lowest BCUT2D eigenvalue weighted by Gasteiger charge is -2.22. The molecule has 1 aliphatic rings. The van der Waals surface area contributed by atoms with E-state index in [4.69, 9.17) is 5.84 Å². The van der Waals surface area contributed by atoms with E-state index in [9.17, 15) is 0 Å². The molecule has 1 saturated carbocycles. The number of rotatable bonds is 4. The summed E-state index contributed by atoms with van der Waals surface area (Å²) in [5, 5.41) is 2.12. The van der Waals surface area contributed by atoms with Gasteiger partial charge in [-0.2, -0.15) is 0 Å². The van der Waals surface area contributed by atoms with Crippen LogP contribution in [0.1, 0.15) is 43.5 Å². The van der Waals surface area contributed by atoms with E-state index in [2.05, 4.69) is 39.7 Å². The molecule has 0 radical (unpaired) electrons. The molecule has 2 rings (SSSR count). The van der Waals surface area contributed by atoms with E-state index in [1.54, 1.807) is 11.3 Å². The first-order valence-corrected chi connectivity index (χ1v) is 7.62. The fourth-order valence-electron chi connectivity index (χ4n) is 2.74. The molecule has 2 nitrogen and oxygen atoms in total. The summed E-state index contributed by atoms with van der Waals surface area (Å²) in [5.74, 6) is 7.34. The van der Waals surface area contributed by atoms with Crippen molar-refractivity contribution in [2.24, 2.45) is 17.7 Å². The van der Waals surface area contributed by atoms with Crippen LogP contribution in [0, 0.1) is 11.8 Å². The Labute approximate surface area is 110 Å². The molecule has 1 aromatic heterocycles. The van der Waals surface area contributed by atoms with Gasteiger partial charge in [-0.15, -0.1) is 11.3 Å². The topological polar surface area (TPSA) is 38.0 Å². The molecule has 90 valence electrons. The van der Waals surface area contributed by atoms with Gasteiger partial charge in [-0.3, -0.25) is 11.3 Å². The normalized spacial score (nSPS) is 27.2. The number of nitrogens with one attached hydrogen (secondary N) is 1. The third kappa shape index (κ3) is 2.50. The number of halogens is 1. The van der Waals surface area contributed by atoms with Crippen molar-refractivity contribution in [3.8, 4) is 0 Å². The summed E-state index contributed by atoms with van der Waals surface area (Å²) in [4.78, 5) is 1.35. The van der Waals surface area contributed by atoms with Crippen LogP contribution in [0.15, 0.2) is 15.9 Å². The molecule has 0 aromatic carbocycles. The van der Waals surface area contributed by atoms with Crippen LogP contribution in [-0.4, -0.2) is 0 Å². The van der Waals surface area contributed by atoms with E-state index in [1.807, 2.05) is 0 Å². The lowest BCUT2D eigenvalue weighted by atomic mass is 9.95. The summed E-state index contributed by atoms with van der Waals surface area (Å²) in [6.07, 6.45) is 5.29. The molecule has 1 fully saturated rings. The van der Waals surface area contributed by atoms with Crippen molar-refractivity contribution in [1.82, 2.24) is 5.43 Å². The van der Waals surface area contributed by atoms with Crippen LogP contribution in [0.5, 0.6) is 0 Å². The SMILES string of the molecule is CCC1CCC(C(NN)c2sccc2Br)C1. The molecule has 3 unspecified atom stereocenters. The summed E-state index contributed by atoms with van der Waals surface area (Å²) in [6.45, 7) is 2.29. The predicted molar refractivity (Wildman–Crippen MR) is 73.2 cm³/mol. The van der Waals surface area contributed by atoms with Crippen molar-refractivity contribution in [3.63, 3.8) is 0 Å². The second-order valence-corrected chi connectivity index (χ2v) is 6.43. The Balaban J connectivity index is 2.09. The summed E-state index contributed by atoms with van der Waals surface area (Å²) in [7, 11) is 0. The van der Waals surface area contributed by atoms with Gasteiger partial charge in [0, 0.05) is 9.35 Å². The molecule has 0 spiro atoms. The number of hydrogen-bond acceptors (Lipinski definition) is 3. The van der Waals surface area contributed by atoms with Gasteiger partial charge in [-0.05, 0) is 52.1 Å². The van der Waals surface area contributed by atoms with Crippen LogP contribution >= 0.6 is 27.3 Å². The summed E-state index contributed by atoms with van der Waals surface area (Å²) in [6, 6.07) is 2.43. The average Bonchev–Trinajstić information content (AvgIpc) is 2.90. The van der Waals surface area contributed by atoms with E-state index < -0.39 is 0 Å². The van der Waals surface area contributed by atoms with Gasteiger partial charge in [0.05, 0.1) is 6.04 Å². The van der Waals surface area contributed by atoms with Gasteiger partial charge in [0.15, 0.2) is 0 Å². The maximum atomic E-state index is 5.74. The van der Waals surface area contributed by atoms with Crippen molar-refractivity contribution in [2.75, 3.05) is 0 Å². The molecule has 1 aliphatic carbocycles. The van der Waals surface area contributed by atoms with Crippen LogP contribution in [-0.2, 0) is 0 Å². The first kappa shape index (κ1) is 12.6. The molecule has 16 heavy (non-hydrogen) atoms. The van der Waals surface area contributed by atoms with Gasteiger partial charge in [-0.25, -0.2) is 0 Å². The maximum absolute atomic E-state index is 5.74. The number of hydrogen-bond donors (Lipinski definition) is 2. The Kier molecular flexibility index (Phi) is 4.41. The molecular formula is C12H19BrN2S. The first-order valence-electron chi connectivity index (χ1n) is 5.95. The maximum Gasteiger partial charge on any atom is 0.0592 e. The van der Waals surface area contributed by atoms with Crippen molar-refractivity contribution >= 4 is 27.3 Å². The molecule has 0 aliphatic heterocycles. The quantitative estimate of drug-likeness (QED) is 0.655. The lowest BCUT2D eigenvalue weighted by Crippen LogP contribution is -2.32. The largest absolute Gasteiger partial charge is 0.271 e. The zero-order valence-corrected chi connectivity index (χ0v) is 12.0. The van der Waals surface area contributed by atoms with E-state index in [1.165, 1.54) is 35.0 Å². The first-order chi connectivity index (χ1) is 7.76. The number of hydrazine groups is 1. The van der Waals surface area contributed by atoms with Gasteiger partial charge < -0.3 is 0 Å². The Morgan fingerprint density at radius 3 is 2.94 bits per heavy atom. The highest BCUT2D eigenvalue weighted by atomic mass is 79.9. The minimum atomic E-state index is 0.325. The highest BCUT2D eigenvalue weighted by molar-refractivity contribution is 9.10. The molecule has 1 heterocycles. The van der Waals surface area contributed by atoms with Crippen molar-refractivity contribution in [3.05, 3.63) is 20.8 Å². The van der Waals surface area contributed by atoms with Crippen LogP contribution < -0.4 is 11.3 Å². The Bertz CT molecular complexity index is 340. The second kappa shape index (κ2) is 5.63. The van der Waals surface area contributed by atoms with Gasteiger partial charge in [0.2, 0.25) is 0 Å². The smallest absolute Gasteiger partial charge is 0.0592 e. The van der Waals surface area contributed by atoms with Gasteiger partial charge in [0.25, 0.3) is 0 Å². The van der Waals surface area contributed by atoms with Crippen LogP contribution in [0.3, 0.4) is 0 Å². The third-order valence-electron chi connectivity index (χ3n) is 3.74. The summed E-state index contributed by atoms with van der Waals surface area (Å²) in [5.41, 5.74) is 3.01. The molecule has 3 N–H and O–H groups in total. The fourth-order valence-corrected chi connectivity index (χ4v) is 4.51. The number of nitrogens with two attached hydrogens (primary N) is 1. The molecule has 1 aromatic rings. The molecule has 0 amide bonds. The molecule has 0 saturated heterocycles. The zero-order valence-electron chi connectivity index (χ0n) is 9.58. The van der Waals surface area contributed by atoms with E-state index >= 15 is 0 Å². The van der Waals surface area contributed by atoms with Crippen LogP contribution in [0.2, 0.25) is 0 Å². The highest BCUT2D eigenvalue weighted by Crippen LogP contribution is 2.43. The summed E-state index contributed by atoms with van der Waals surface area (Å²) < 4.78 is 1.19. The van der Waals surface area contributed by atoms with Crippen molar-refractivity contribution < 1.29 is 0 Å².